The molecule has 0 aromatic heterocycles. The first kappa shape index (κ1) is 54.5. The summed E-state index contributed by atoms with van der Waals surface area (Å²) >= 11 is 0. The lowest BCUT2D eigenvalue weighted by Crippen LogP contribution is -2.56. The number of carbonyl (C=O) groups is 6. The summed E-state index contributed by atoms with van der Waals surface area (Å²) in [5.74, 6) is -8.42. The second kappa shape index (κ2) is 26.3. The molecule has 1 aliphatic rings. The maximum atomic E-state index is 13.9. The van der Waals surface area contributed by atoms with Crippen molar-refractivity contribution in [2.75, 3.05) is 19.6 Å². The van der Waals surface area contributed by atoms with Crippen molar-refractivity contribution in [1.29, 1.82) is 0 Å². The summed E-state index contributed by atoms with van der Waals surface area (Å²) in [4.78, 5) is 80.4. The Morgan fingerprint density at radius 1 is 0.636 bits per heavy atom. The van der Waals surface area contributed by atoms with Crippen molar-refractivity contribution in [2.24, 2.45) is 38.8 Å². The Hall–Kier alpha value is -7.60. The van der Waals surface area contributed by atoms with E-state index in [1.54, 1.807) is 24.3 Å². The number of carboxylic acids is 2. The van der Waals surface area contributed by atoms with Crippen molar-refractivity contribution in [3.8, 4) is 5.75 Å². The highest BCUT2D eigenvalue weighted by Gasteiger charge is 2.39. The first-order valence-electron chi connectivity index (χ1n) is 19.7. The smallest absolute Gasteiger partial charge is 0.490 e. The van der Waals surface area contributed by atoms with Gasteiger partial charge in [0.25, 0.3) is 0 Å². The molecule has 0 saturated heterocycles. The van der Waals surface area contributed by atoms with Gasteiger partial charge >= 0.3 is 24.3 Å². The van der Waals surface area contributed by atoms with Crippen LogP contribution in [0.2, 0.25) is 0 Å². The Labute approximate surface area is 372 Å². The van der Waals surface area contributed by atoms with E-state index >= 15 is 0 Å². The van der Waals surface area contributed by atoms with Gasteiger partial charge in [-0.1, -0.05) is 66.7 Å². The SMILES string of the molecule is NC(N)=NCCC[C@H]1/C=C/[C@@H](Cc2ccc3ccccc3c2)C(=O)NCC(=O)N[C@H](Cc2ccc(O)cc2)C(=O)N[C@@H](CCCN=C(N)N)C(=O)N1.O=C(O)C(F)(F)F.O=C(O)C(F)(F)F. The van der Waals surface area contributed by atoms with Gasteiger partial charge in [0.05, 0.1) is 12.5 Å². The standard InChI is InChI=1S/C37H48N10O5.2C2HF3O2/c38-36(39)42-17-3-7-28-14-13-27(20-24-9-12-25-5-1-2-6-26(25)19-24)33(50)44-22-32(49)46-31(21-23-10-15-29(48)16-11-23)35(52)47-30(34(51)45-28)8-4-18-43-37(40)41;2*3-2(4,5)1(6)7/h1-2,5-6,9-16,19,27-28,30-31,48H,3-4,7-8,17-18,20-22H2,(H,44,50)(H,45,51)(H,46,49)(H,47,52)(H4,38,39,42)(H4,40,41,43);2*(H,6,7)/b14-13+;;/t27-,28-,30-,31+;;/m0../s1. The van der Waals surface area contributed by atoms with E-state index in [-0.39, 0.29) is 43.6 Å². The van der Waals surface area contributed by atoms with Crippen molar-refractivity contribution in [3.63, 3.8) is 0 Å². The maximum absolute atomic E-state index is 13.9. The number of nitrogens with zero attached hydrogens (tertiary/aromatic N) is 2. The third-order valence-corrected chi connectivity index (χ3v) is 8.99. The molecule has 19 nitrogen and oxygen atoms in total. The number of benzene rings is 3. The number of fused-ring (bicyclic) bond motifs is 1. The molecule has 0 unspecified atom stereocenters. The number of amides is 4. The van der Waals surface area contributed by atoms with E-state index in [1.165, 1.54) is 12.1 Å². The number of nitrogens with two attached hydrogens (primary N) is 4. The highest BCUT2D eigenvalue weighted by atomic mass is 19.4. The molecular formula is C41H50F6N10O9. The van der Waals surface area contributed by atoms with Crippen LogP contribution in [0.25, 0.3) is 10.8 Å². The topological polar surface area (TPSA) is 340 Å². The number of aromatic hydroxyl groups is 1. The van der Waals surface area contributed by atoms with E-state index in [4.69, 9.17) is 42.7 Å². The van der Waals surface area contributed by atoms with E-state index < -0.39 is 72.0 Å². The summed E-state index contributed by atoms with van der Waals surface area (Å²) in [7, 11) is 0. The number of alkyl halides is 6. The maximum Gasteiger partial charge on any atom is 0.490 e. The molecule has 0 saturated carbocycles. The number of carboxylic acid groups (broad SMARTS) is 2. The van der Waals surface area contributed by atoms with Gasteiger partial charge in [0.2, 0.25) is 23.6 Å². The third kappa shape index (κ3) is 21.2. The van der Waals surface area contributed by atoms with Crippen LogP contribution >= 0.6 is 0 Å². The quantitative estimate of drug-likeness (QED) is 0.0403. The molecule has 4 amide bonds. The minimum Gasteiger partial charge on any atom is -0.508 e. The normalized spacial score (nSPS) is 18.6. The van der Waals surface area contributed by atoms with Gasteiger partial charge in [-0.05, 0) is 66.1 Å². The Balaban J connectivity index is 0.000000923. The number of nitrogens with one attached hydrogen (secondary N) is 4. The number of aliphatic imine (C=N–C) groups is 2. The molecule has 0 fully saturated rings. The lowest BCUT2D eigenvalue weighted by molar-refractivity contribution is -0.193. The van der Waals surface area contributed by atoms with Crippen LogP contribution in [0, 0.1) is 5.92 Å². The number of hydrogen-bond acceptors (Lipinski definition) is 9. The lowest BCUT2D eigenvalue weighted by atomic mass is 9.95. The van der Waals surface area contributed by atoms with Crippen molar-refractivity contribution < 1.29 is 70.4 Å². The minimum atomic E-state index is -5.08. The first-order valence-corrected chi connectivity index (χ1v) is 19.7. The van der Waals surface area contributed by atoms with Crippen LogP contribution in [-0.4, -0.2) is 113 Å². The number of phenolic OH excluding ortho intramolecular Hbond substituents is 1. The molecule has 0 aliphatic carbocycles. The largest absolute Gasteiger partial charge is 0.508 e. The predicted molar refractivity (Wildman–Crippen MR) is 228 cm³/mol. The zero-order valence-corrected chi connectivity index (χ0v) is 34.9. The zero-order valence-electron chi connectivity index (χ0n) is 34.9. The highest BCUT2D eigenvalue weighted by molar-refractivity contribution is 5.94. The number of phenols is 1. The first-order chi connectivity index (χ1) is 30.8. The average molecular weight is 941 g/mol. The number of guanidine groups is 2. The van der Waals surface area contributed by atoms with Gasteiger partial charge in [-0.3, -0.25) is 29.2 Å². The van der Waals surface area contributed by atoms with Crippen LogP contribution in [0.3, 0.4) is 0 Å². The van der Waals surface area contributed by atoms with E-state index in [1.807, 2.05) is 42.5 Å². The van der Waals surface area contributed by atoms with Crippen LogP contribution < -0.4 is 44.2 Å². The molecule has 3 aromatic carbocycles. The van der Waals surface area contributed by atoms with Gasteiger partial charge in [0, 0.05) is 25.6 Å². The van der Waals surface area contributed by atoms with E-state index in [0.717, 1.165) is 16.3 Å². The Bertz CT molecular complexity index is 2190. The van der Waals surface area contributed by atoms with E-state index in [2.05, 4.69) is 31.3 Å². The Morgan fingerprint density at radius 3 is 1.70 bits per heavy atom. The molecule has 66 heavy (non-hydrogen) atoms. The number of rotatable bonds is 12. The number of halogens is 6. The molecule has 0 spiro atoms. The highest BCUT2D eigenvalue weighted by Crippen LogP contribution is 2.20. The molecular weight excluding hydrogens is 891 g/mol. The molecule has 3 aromatic rings. The number of aliphatic carboxylic acids is 2. The van der Waals surface area contributed by atoms with Crippen molar-refractivity contribution >= 4 is 58.3 Å². The third-order valence-electron chi connectivity index (χ3n) is 8.99. The molecule has 25 heteroatoms. The van der Waals surface area contributed by atoms with Crippen molar-refractivity contribution in [3.05, 3.63) is 90.0 Å². The van der Waals surface area contributed by atoms with Gasteiger partial charge in [0.1, 0.15) is 17.8 Å². The van der Waals surface area contributed by atoms with Crippen LogP contribution in [0.15, 0.2) is 88.9 Å². The molecule has 0 radical (unpaired) electrons. The zero-order chi connectivity index (χ0) is 49.6. The molecule has 1 aliphatic heterocycles. The monoisotopic (exact) mass is 940 g/mol. The Morgan fingerprint density at radius 2 is 1.15 bits per heavy atom. The molecule has 4 rings (SSSR count). The van der Waals surface area contributed by atoms with E-state index in [0.29, 0.717) is 37.8 Å². The number of carbonyl (C=O) groups excluding carboxylic acids is 4. The van der Waals surface area contributed by atoms with Crippen LogP contribution in [0.4, 0.5) is 26.3 Å². The minimum absolute atomic E-state index is 0.0410. The van der Waals surface area contributed by atoms with Crippen LogP contribution in [0.1, 0.15) is 36.8 Å². The Kier molecular flexibility index (Phi) is 21.7. The number of hydrogen-bond donors (Lipinski definition) is 11. The second-order valence-electron chi connectivity index (χ2n) is 14.3. The van der Waals surface area contributed by atoms with Gasteiger partial charge < -0.3 is 59.5 Å². The summed E-state index contributed by atoms with van der Waals surface area (Å²) in [5.41, 5.74) is 23.5. The fourth-order valence-corrected chi connectivity index (χ4v) is 5.82. The van der Waals surface area contributed by atoms with Crippen LogP contribution in [0.5, 0.6) is 5.75 Å². The second-order valence-corrected chi connectivity index (χ2v) is 14.3. The van der Waals surface area contributed by atoms with Crippen molar-refractivity contribution in [1.82, 2.24) is 21.3 Å². The molecule has 4 atom stereocenters. The lowest BCUT2D eigenvalue weighted by Gasteiger charge is -2.25. The van der Waals surface area contributed by atoms with Gasteiger partial charge in [0.15, 0.2) is 11.9 Å². The summed E-state index contributed by atoms with van der Waals surface area (Å²) in [6.45, 7) is 0.151. The van der Waals surface area contributed by atoms with E-state index in [9.17, 15) is 50.6 Å². The molecule has 360 valence electrons. The summed E-state index contributed by atoms with van der Waals surface area (Å²) < 4.78 is 63.5. The fourth-order valence-electron chi connectivity index (χ4n) is 5.82. The summed E-state index contributed by atoms with van der Waals surface area (Å²) in [6, 6.07) is 17.4. The summed E-state index contributed by atoms with van der Waals surface area (Å²) in [6.07, 6.45) is -4.84. The molecule has 1 heterocycles. The molecule has 0 bridgehead atoms. The fraction of sp³-hybridized carbons (Fsp3) is 0.366. The van der Waals surface area contributed by atoms with Crippen LogP contribution in [-0.2, 0) is 41.6 Å². The van der Waals surface area contributed by atoms with Crippen molar-refractivity contribution in [2.45, 2.75) is 69.0 Å². The van der Waals surface area contributed by atoms with Gasteiger partial charge in [-0.15, -0.1) is 0 Å². The predicted octanol–water partition coefficient (Wildman–Crippen LogP) is 1.46. The summed E-state index contributed by atoms with van der Waals surface area (Å²) in [5, 5.41) is 37.3. The molecule has 15 N–H and O–H groups in total. The van der Waals surface area contributed by atoms with Gasteiger partial charge in [-0.25, -0.2) is 9.59 Å². The average Bonchev–Trinajstić information content (AvgIpc) is 3.23. The van der Waals surface area contributed by atoms with Gasteiger partial charge in [-0.2, -0.15) is 26.3 Å².